The van der Waals surface area contributed by atoms with Crippen LogP contribution in [0.3, 0.4) is 0 Å². The lowest BCUT2D eigenvalue weighted by molar-refractivity contribution is -0.116. The van der Waals surface area contributed by atoms with Crippen molar-refractivity contribution < 1.29 is 9.53 Å². The number of benzene rings is 1. The van der Waals surface area contributed by atoms with E-state index in [4.69, 9.17) is 16.3 Å². The van der Waals surface area contributed by atoms with Gasteiger partial charge in [0.05, 0.1) is 13.2 Å². The number of morpholine rings is 1. The Morgan fingerprint density at radius 1 is 1.29 bits per heavy atom. The van der Waals surface area contributed by atoms with Gasteiger partial charge in [-0.15, -0.1) is 11.3 Å². The van der Waals surface area contributed by atoms with Gasteiger partial charge in [0.25, 0.3) is 0 Å². The predicted octanol–water partition coefficient (Wildman–Crippen LogP) is 3.81. The third kappa shape index (κ3) is 5.05. The maximum atomic E-state index is 12.0. The fraction of sp³-hybridized carbons (Fsp3) is 0.389. The van der Waals surface area contributed by atoms with Crippen LogP contribution in [-0.4, -0.2) is 37.1 Å². The molecule has 0 radical (unpaired) electrons. The van der Waals surface area contributed by atoms with Crippen LogP contribution in [0, 0.1) is 0 Å². The number of anilines is 1. The lowest BCUT2D eigenvalue weighted by Crippen LogP contribution is -2.35. The Labute approximate surface area is 151 Å². The van der Waals surface area contributed by atoms with Crippen molar-refractivity contribution in [2.24, 2.45) is 0 Å². The standard InChI is InChI=1S/C18H21ClN2O2S/c19-17-12-15(20-18(22)6-5-16-2-1-11-24-16)4-3-14(17)13-21-7-9-23-10-8-21/h1-4,11-12H,5-10,13H2,(H,20,22). The van der Waals surface area contributed by atoms with Crippen molar-refractivity contribution in [1.82, 2.24) is 4.90 Å². The van der Waals surface area contributed by atoms with Gasteiger partial charge < -0.3 is 10.1 Å². The van der Waals surface area contributed by atoms with Gasteiger partial charge in [-0.3, -0.25) is 9.69 Å². The van der Waals surface area contributed by atoms with Crippen molar-refractivity contribution in [2.45, 2.75) is 19.4 Å². The molecular weight excluding hydrogens is 344 g/mol. The zero-order chi connectivity index (χ0) is 16.8. The molecule has 4 nitrogen and oxygen atoms in total. The molecule has 24 heavy (non-hydrogen) atoms. The van der Waals surface area contributed by atoms with E-state index < -0.39 is 0 Å². The van der Waals surface area contributed by atoms with Crippen molar-refractivity contribution in [3.8, 4) is 0 Å². The lowest BCUT2D eigenvalue weighted by Gasteiger charge is -2.27. The molecule has 1 amide bonds. The van der Waals surface area contributed by atoms with Crippen LogP contribution < -0.4 is 5.32 Å². The number of hydrogen-bond acceptors (Lipinski definition) is 4. The van der Waals surface area contributed by atoms with Crippen LogP contribution in [0.5, 0.6) is 0 Å². The van der Waals surface area contributed by atoms with Gasteiger partial charge in [-0.2, -0.15) is 0 Å². The quantitative estimate of drug-likeness (QED) is 0.847. The van der Waals surface area contributed by atoms with Crippen molar-refractivity contribution in [2.75, 3.05) is 31.6 Å². The van der Waals surface area contributed by atoms with Gasteiger partial charge in [-0.1, -0.05) is 23.7 Å². The molecule has 0 spiro atoms. The van der Waals surface area contributed by atoms with Crippen LogP contribution in [0.2, 0.25) is 5.02 Å². The van der Waals surface area contributed by atoms with Crippen LogP contribution in [0.4, 0.5) is 5.69 Å². The highest BCUT2D eigenvalue weighted by Crippen LogP contribution is 2.23. The SMILES string of the molecule is O=C(CCc1cccs1)Nc1ccc(CN2CCOCC2)c(Cl)c1. The molecule has 2 heterocycles. The minimum Gasteiger partial charge on any atom is -0.379 e. The summed E-state index contributed by atoms with van der Waals surface area (Å²) in [4.78, 5) is 15.6. The number of amides is 1. The summed E-state index contributed by atoms with van der Waals surface area (Å²) in [7, 11) is 0. The molecule has 1 aromatic carbocycles. The predicted molar refractivity (Wildman–Crippen MR) is 98.8 cm³/mol. The van der Waals surface area contributed by atoms with E-state index in [0.29, 0.717) is 11.4 Å². The summed E-state index contributed by atoms with van der Waals surface area (Å²) in [6, 6.07) is 9.80. The first-order chi connectivity index (χ1) is 11.7. The Balaban J connectivity index is 1.52. The minimum atomic E-state index is 0.0143. The average Bonchev–Trinajstić information content (AvgIpc) is 3.10. The largest absolute Gasteiger partial charge is 0.379 e. The van der Waals surface area contributed by atoms with Gasteiger partial charge in [0.2, 0.25) is 5.91 Å². The van der Waals surface area contributed by atoms with E-state index in [0.717, 1.165) is 50.5 Å². The topological polar surface area (TPSA) is 41.6 Å². The lowest BCUT2D eigenvalue weighted by atomic mass is 10.1. The van der Waals surface area contributed by atoms with Crippen LogP contribution >= 0.6 is 22.9 Å². The summed E-state index contributed by atoms with van der Waals surface area (Å²) in [5.74, 6) is 0.0143. The minimum absolute atomic E-state index is 0.0143. The number of nitrogens with zero attached hydrogens (tertiary/aromatic N) is 1. The highest BCUT2D eigenvalue weighted by molar-refractivity contribution is 7.09. The second kappa shape index (κ2) is 8.62. The molecule has 0 aliphatic carbocycles. The number of thiophene rings is 1. The Morgan fingerprint density at radius 2 is 2.12 bits per heavy atom. The van der Waals surface area contributed by atoms with Gasteiger partial charge in [-0.25, -0.2) is 0 Å². The molecule has 128 valence electrons. The summed E-state index contributed by atoms with van der Waals surface area (Å²) < 4.78 is 5.36. The number of nitrogens with one attached hydrogen (secondary N) is 1. The first kappa shape index (κ1) is 17.4. The molecule has 1 saturated heterocycles. The Hall–Kier alpha value is -1.40. The highest BCUT2D eigenvalue weighted by atomic mass is 35.5. The third-order valence-corrected chi connectivity index (χ3v) is 5.30. The van der Waals surface area contributed by atoms with E-state index in [2.05, 4.69) is 16.3 Å². The summed E-state index contributed by atoms with van der Waals surface area (Å²) in [6.45, 7) is 4.22. The van der Waals surface area contributed by atoms with Crippen molar-refractivity contribution in [1.29, 1.82) is 0 Å². The van der Waals surface area contributed by atoms with Crippen molar-refractivity contribution in [3.63, 3.8) is 0 Å². The van der Waals surface area contributed by atoms with E-state index in [1.807, 2.05) is 29.6 Å². The van der Waals surface area contributed by atoms with Gasteiger partial charge in [-0.05, 0) is 35.6 Å². The Bertz CT molecular complexity index is 670. The van der Waals surface area contributed by atoms with Crippen molar-refractivity contribution in [3.05, 3.63) is 51.2 Å². The van der Waals surface area contributed by atoms with Gasteiger partial charge in [0.15, 0.2) is 0 Å². The fourth-order valence-electron chi connectivity index (χ4n) is 2.67. The molecule has 0 atom stereocenters. The van der Waals surface area contributed by atoms with E-state index in [-0.39, 0.29) is 5.91 Å². The zero-order valence-electron chi connectivity index (χ0n) is 13.5. The maximum absolute atomic E-state index is 12.0. The van der Waals surface area contributed by atoms with E-state index in [1.165, 1.54) is 4.88 Å². The molecule has 0 saturated carbocycles. The summed E-state index contributed by atoms with van der Waals surface area (Å²) in [5.41, 5.74) is 1.83. The van der Waals surface area contributed by atoms with Gasteiger partial charge in [0.1, 0.15) is 0 Å². The van der Waals surface area contributed by atoms with Crippen LogP contribution in [0.25, 0.3) is 0 Å². The molecule has 3 rings (SSSR count). The van der Waals surface area contributed by atoms with E-state index in [9.17, 15) is 4.79 Å². The second-order valence-corrected chi connectivity index (χ2v) is 7.26. The molecule has 0 unspecified atom stereocenters. The number of carbonyl (C=O) groups is 1. The molecule has 2 aromatic rings. The number of rotatable bonds is 6. The normalized spacial score (nSPS) is 15.4. The van der Waals surface area contributed by atoms with Crippen LogP contribution in [-0.2, 0) is 22.5 Å². The molecule has 6 heteroatoms. The molecule has 1 aliphatic heterocycles. The number of carbonyl (C=O) groups excluding carboxylic acids is 1. The summed E-state index contributed by atoms with van der Waals surface area (Å²) in [5, 5.41) is 5.64. The highest BCUT2D eigenvalue weighted by Gasteiger charge is 2.13. The smallest absolute Gasteiger partial charge is 0.224 e. The number of hydrogen-bond donors (Lipinski definition) is 1. The van der Waals surface area contributed by atoms with Crippen LogP contribution in [0.1, 0.15) is 16.9 Å². The number of aryl methyl sites for hydroxylation is 1. The maximum Gasteiger partial charge on any atom is 0.224 e. The summed E-state index contributed by atoms with van der Waals surface area (Å²) >= 11 is 8.06. The number of halogens is 1. The molecule has 0 bridgehead atoms. The average molecular weight is 365 g/mol. The van der Waals surface area contributed by atoms with E-state index >= 15 is 0 Å². The molecule has 1 aliphatic rings. The molecule has 1 aromatic heterocycles. The van der Waals surface area contributed by atoms with E-state index in [1.54, 1.807) is 11.3 Å². The van der Waals surface area contributed by atoms with Gasteiger partial charge >= 0.3 is 0 Å². The van der Waals surface area contributed by atoms with Crippen LogP contribution in [0.15, 0.2) is 35.7 Å². The Morgan fingerprint density at radius 3 is 2.83 bits per heavy atom. The van der Waals surface area contributed by atoms with Gasteiger partial charge in [0, 0.05) is 41.6 Å². The first-order valence-corrected chi connectivity index (χ1v) is 9.37. The van der Waals surface area contributed by atoms with Crippen molar-refractivity contribution >= 4 is 34.5 Å². The number of ether oxygens (including phenoxy) is 1. The molecular formula is C18H21ClN2O2S. The molecule has 1 fully saturated rings. The Kier molecular flexibility index (Phi) is 6.26. The summed E-state index contributed by atoms with van der Waals surface area (Å²) in [6.07, 6.45) is 1.25. The molecule has 1 N–H and O–H groups in total. The fourth-order valence-corrected chi connectivity index (χ4v) is 3.62. The third-order valence-electron chi connectivity index (χ3n) is 4.01. The second-order valence-electron chi connectivity index (χ2n) is 5.82. The monoisotopic (exact) mass is 364 g/mol. The first-order valence-electron chi connectivity index (χ1n) is 8.11. The zero-order valence-corrected chi connectivity index (χ0v) is 15.0.